The van der Waals surface area contributed by atoms with Gasteiger partial charge in [-0.1, -0.05) is 446 Å². The van der Waals surface area contributed by atoms with Gasteiger partial charge in [-0.2, -0.15) is 0 Å². The molecule has 0 aliphatic heterocycles. The molecule has 0 bridgehead atoms. The van der Waals surface area contributed by atoms with Gasteiger partial charge in [0.05, 0.1) is 26.4 Å². The average molecular weight is 1610 g/mol. The first kappa shape index (κ1) is 108. The van der Waals surface area contributed by atoms with Crippen molar-refractivity contribution in [2.45, 2.75) is 515 Å². The monoisotopic (exact) mass is 1610 g/mol. The summed E-state index contributed by atoms with van der Waals surface area (Å²) in [5, 5.41) is 10.7. The van der Waals surface area contributed by atoms with E-state index in [1.165, 1.54) is 315 Å². The van der Waals surface area contributed by atoms with Crippen LogP contribution in [0.1, 0.15) is 497 Å². The first-order valence-electron chi connectivity index (χ1n) is 47.2. The summed E-state index contributed by atoms with van der Waals surface area (Å²) in [6, 6.07) is 0. The van der Waals surface area contributed by atoms with Gasteiger partial charge in [-0.25, -0.2) is 9.13 Å². The lowest BCUT2D eigenvalue weighted by molar-refractivity contribution is -0.161. The lowest BCUT2D eigenvalue weighted by Crippen LogP contribution is -2.30. The molecular weight excluding hydrogens is 1430 g/mol. The highest BCUT2D eigenvalue weighted by atomic mass is 31.2. The van der Waals surface area contributed by atoms with Gasteiger partial charge in [0.2, 0.25) is 0 Å². The Balaban J connectivity index is 5.21. The molecule has 0 saturated carbocycles. The summed E-state index contributed by atoms with van der Waals surface area (Å²) < 4.78 is 69.0. The van der Waals surface area contributed by atoms with Gasteiger partial charge in [-0.05, 0) is 31.6 Å². The van der Waals surface area contributed by atoms with Gasteiger partial charge in [-0.15, -0.1) is 0 Å². The van der Waals surface area contributed by atoms with Crippen molar-refractivity contribution < 1.29 is 80.2 Å². The molecule has 0 heterocycles. The van der Waals surface area contributed by atoms with Gasteiger partial charge in [0, 0.05) is 25.7 Å². The van der Waals surface area contributed by atoms with Gasteiger partial charge in [0.15, 0.2) is 12.2 Å². The molecule has 0 amide bonds. The molecule has 0 radical (unpaired) electrons. The van der Waals surface area contributed by atoms with Gasteiger partial charge >= 0.3 is 39.5 Å². The van der Waals surface area contributed by atoms with Crippen molar-refractivity contribution in [2.75, 3.05) is 39.6 Å². The number of aliphatic hydroxyl groups excluding tert-OH is 1. The highest BCUT2D eigenvalue weighted by Gasteiger charge is 2.31. The second-order valence-electron chi connectivity index (χ2n) is 32.9. The van der Waals surface area contributed by atoms with Crippen molar-refractivity contribution in [1.29, 1.82) is 0 Å². The first-order chi connectivity index (χ1) is 53.6. The number of hydrogen-bond donors (Lipinski definition) is 3. The Morgan fingerprint density at radius 1 is 0.255 bits per heavy atom. The van der Waals surface area contributed by atoms with Crippen LogP contribution in [0.3, 0.4) is 0 Å². The Hall–Kier alpha value is -1.94. The van der Waals surface area contributed by atoms with Crippen LogP contribution in [0.4, 0.5) is 0 Å². The van der Waals surface area contributed by atoms with E-state index in [2.05, 4.69) is 34.6 Å². The van der Waals surface area contributed by atoms with Crippen LogP contribution in [0.2, 0.25) is 0 Å². The normalized spacial score (nSPS) is 13.9. The van der Waals surface area contributed by atoms with Crippen LogP contribution >= 0.6 is 15.6 Å². The van der Waals surface area contributed by atoms with Crippen LogP contribution in [0.5, 0.6) is 0 Å². The van der Waals surface area contributed by atoms with E-state index in [-0.39, 0.29) is 25.7 Å². The number of hydrogen-bond acceptors (Lipinski definition) is 15. The van der Waals surface area contributed by atoms with Crippen molar-refractivity contribution in [3.05, 3.63) is 0 Å². The average Bonchev–Trinajstić information content (AvgIpc) is 0.899. The topological polar surface area (TPSA) is 237 Å². The number of rotatable bonds is 91. The molecule has 3 N–H and O–H groups in total. The molecule has 0 aromatic rings. The second kappa shape index (κ2) is 83.5. The van der Waals surface area contributed by atoms with Crippen molar-refractivity contribution in [3.63, 3.8) is 0 Å². The van der Waals surface area contributed by atoms with E-state index in [1.807, 2.05) is 0 Å². The SMILES string of the molecule is CCCCCCCCCCCCCCCCCCCCCCCCC(=O)O[C@H](COC(=O)CCCCCCCCCCCCCCCCCCCCC)COP(=O)(O)OC[C@@H](O)COP(=O)(O)OC[C@@H](COC(=O)CCCCCCCCC(C)CC)OC(=O)CCCCCCCCCCCCCCCCCCCCC. The molecule has 0 fully saturated rings. The first-order valence-corrected chi connectivity index (χ1v) is 50.2. The standard InChI is InChI=1S/C91H178O17P2/c1-6-10-13-16-19-22-25-28-31-34-37-38-39-42-45-48-51-54-57-60-66-71-76-90(95)107-86(80-101-88(93)74-69-64-58-55-52-49-46-43-40-35-32-29-26-23-20-17-14-11-7-2)82-105-109(97,98)103-78-85(92)79-104-110(99,100)106-83-87(81-102-89(94)75-70-65-62-61-63-68-73-84(5)9-4)108-91(96)77-72-67-59-56-53-50-47-44-41-36-33-30-27-24-21-18-15-12-8-3/h84-87,92H,6-83H2,1-5H3,(H,97,98)(H,99,100)/t84?,85-,86-,87-/m1/s1. The third-order valence-electron chi connectivity index (χ3n) is 21.9. The number of phosphoric ester groups is 2. The van der Waals surface area contributed by atoms with E-state index < -0.39 is 97.5 Å². The minimum atomic E-state index is -4.97. The molecule has 6 atom stereocenters. The van der Waals surface area contributed by atoms with Gasteiger partial charge in [0.25, 0.3) is 0 Å². The zero-order valence-corrected chi connectivity index (χ0v) is 74.2. The molecule has 0 aromatic heterocycles. The molecular formula is C91H178O17P2. The van der Waals surface area contributed by atoms with E-state index in [1.54, 1.807) is 0 Å². The number of phosphoric acid groups is 2. The summed E-state index contributed by atoms with van der Waals surface area (Å²) in [4.78, 5) is 73.4. The predicted octanol–water partition coefficient (Wildman–Crippen LogP) is 28.3. The summed E-state index contributed by atoms with van der Waals surface area (Å²) in [7, 11) is -9.93. The van der Waals surface area contributed by atoms with Crippen LogP contribution < -0.4 is 0 Å². The smallest absolute Gasteiger partial charge is 0.462 e. The van der Waals surface area contributed by atoms with Crippen molar-refractivity contribution in [1.82, 2.24) is 0 Å². The van der Waals surface area contributed by atoms with Crippen LogP contribution in [0.15, 0.2) is 0 Å². The maximum Gasteiger partial charge on any atom is 0.472 e. The fraction of sp³-hybridized carbons (Fsp3) is 0.956. The van der Waals surface area contributed by atoms with E-state index in [0.29, 0.717) is 25.7 Å². The molecule has 110 heavy (non-hydrogen) atoms. The van der Waals surface area contributed by atoms with Crippen LogP contribution in [0.25, 0.3) is 0 Å². The van der Waals surface area contributed by atoms with Gasteiger partial charge in [0.1, 0.15) is 19.3 Å². The van der Waals surface area contributed by atoms with E-state index >= 15 is 0 Å². The number of ether oxygens (including phenoxy) is 4. The molecule has 19 heteroatoms. The molecule has 0 spiro atoms. The molecule has 0 aliphatic rings. The number of carbonyl (C=O) groups is 4. The fourth-order valence-electron chi connectivity index (χ4n) is 14.3. The lowest BCUT2D eigenvalue weighted by atomic mass is 10.00. The summed E-state index contributed by atoms with van der Waals surface area (Å²) >= 11 is 0. The Labute approximate surface area is 677 Å². The quantitative estimate of drug-likeness (QED) is 0.0222. The zero-order chi connectivity index (χ0) is 80.4. The van der Waals surface area contributed by atoms with Crippen LogP contribution in [-0.4, -0.2) is 96.7 Å². The Kier molecular flexibility index (Phi) is 82.1. The van der Waals surface area contributed by atoms with Crippen molar-refractivity contribution in [2.24, 2.45) is 5.92 Å². The number of carbonyl (C=O) groups excluding carboxylic acids is 4. The molecule has 0 saturated heterocycles. The highest BCUT2D eigenvalue weighted by Crippen LogP contribution is 2.45. The number of unbranched alkanes of at least 4 members (excludes halogenated alkanes) is 62. The van der Waals surface area contributed by atoms with Gasteiger partial charge in [-0.3, -0.25) is 37.3 Å². The van der Waals surface area contributed by atoms with E-state index in [9.17, 15) is 43.2 Å². The van der Waals surface area contributed by atoms with Crippen LogP contribution in [0, 0.1) is 5.92 Å². The minimum absolute atomic E-state index is 0.108. The van der Waals surface area contributed by atoms with Crippen LogP contribution in [-0.2, 0) is 65.4 Å². The second-order valence-corrected chi connectivity index (χ2v) is 35.8. The summed E-state index contributed by atoms with van der Waals surface area (Å²) in [6.07, 6.45) is 79.4. The van der Waals surface area contributed by atoms with Gasteiger partial charge < -0.3 is 33.8 Å². The summed E-state index contributed by atoms with van der Waals surface area (Å²) in [6.45, 7) is 7.35. The number of esters is 4. The lowest BCUT2D eigenvalue weighted by Gasteiger charge is -2.21. The summed E-state index contributed by atoms with van der Waals surface area (Å²) in [5.41, 5.74) is 0. The molecule has 3 unspecified atom stereocenters. The van der Waals surface area contributed by atoms with Crippen molar-refractivity contribution in [3.8, 4) is 0 Å². The molecule has 0 aromatic carbocycles. The fourth-order valence-corrected chi connectivity index (χ4v) is 15.9. The van der Waals surface area contributed by atoms with E-state index in [4.69, 9.17) is 37.0 Å². The zero-order valence-electron chi connectivity index (χ0n) is 72.4. The summed E-state index contributed by atoms with van der Waals surface area (Å²) in [5.74, 6) is -1.37. The Morgan fingerprint density at radius 2 is 0.436 bits per heavy atom. The third kappa shape index (κ3) is 82.6. The van der Waals surface area contributed by atoms with E-state index in [0.717, 1.165) is 102 Å². The predicted molar refractivity (Wildman–Crippen MR) is 455 cm³/mol. The Morgan fingerprint density at radius 3 is 0.645 bits per heavy atom. The molecule has 0 rings (SSSR count). The molecule has 0 aliphatic carbocycles. The number of aliphatic hydroxyl groups is 1. The molecule has 654 valence electrons. The Bertz CT molecular complexity index is 2080. The minimum Gasteiger partial charge on any atom is -0.462 e. The highest BCUT2D eigenvalue weighted by molar-refractivity contribution is 7.47. The van der Waals surface area contributed by atoms with Crippen molar-refractivity contribution >= 4 is 39.5 Å². The largest absolute Gasteiger partial charge is 0.472 e. The molecule has 17 nitrogen and oxygen atoms in total. The third-order valence-corrected chi connectivity index (χ3v) is 23.8. The maximum atomic E-state index is 13.2. The maximum absolute atomic E-state index is 13.2.